The van der Waals surface area contributed by atoms with E-state index in [-0.39, 0.29) is 9.75 Å². The van der Waals surface area contributed by atoms with Gasteiger partial charge in [0.2, 0.25) is 0 Å². The first-order chi connectivity index (χ1) is 16.1. The molecule has 2 aromatic carbocycles. The van der Waals surface area contributed by atoms with Gasteiger partial charge in [0, 0.05) is 19.8 Å². The maximum Gasteiger partial charge on any atom is 0.309 e. The van der Waals surface area contributed by atoms with E-state index in [1.54, 1.807) is 0 Å². The summed E-state index contributed by atoms with van der Waals surface area (Å²) in [5.74, 6) is 0.567. The summed E-state index contributed by atoms with van der Waals surface area (Å²) in [5, 5.41) is 0. The lowest BCUT2D eigenvalue weighted by Gasteiger charge is -2.23. The summed E-state index contributed by atoms with van der Waals surface area (Å²) in [4.78, 5) is 27.7. The normalized spacial score (nSPS) is 12.8. The molecule has 6 nitrogen and oxygen atoms in total. The van der Waals surface area contributed by atoms with Crippen LogP contribution in [0.15, 0.2) is 58.1 Å². The SMILES string of the molecule is CCC[C@H](C)COCCCN(Cn1c(=O)sc2ccccc21)Cn1c(=O)sc2ccccc21. The van der Waals surface area contributed by atoms with Crippen molar-refractivity contribution in [3.63, 3.8) is 0 Å². The molecule has 0 fully saturated rings. The van der Waals surface area contributed by atoms with Gasteiger partial charge >= 0.3 is 9.75 Å². The molecule has 4 rings (SSSR count). The first-order valence-electron chi connectivity index (χ1n) is 11.5. The van der Waals surface area contributed by atoms with Crippen molar-refractivity contribution in [1.82, 2.24) is 14.0 Å². The van der Waals surface area contributed by atoms with Crippen molar-refractivity contribution in [2.24, 2.45) is 5.92 Å². The second-order valence-corrected chi connectivity index (χ2v) is 10.5. The molecule has 33 heavy (non-hydrogen) atoms. The van der Waals surface area contributed by atoms with Gasteiger partial charge in [-0.3, -0.25) is 23.6 Å². The molecule has 0 bridgehead atoms. The van der Waals surface area contributed by atoms with Crippen molar-refractivity contribution in [3.05, 3.63) is 67.9 Å². The first-order valence-corrected chi connectivity index (χ1v) is 13.2. The summed E-state index contributed by atoms with van der Waals surface area (Å²) in [7, 11) is 0. The number of hydrogen-bond acceptors (Lipinski definition) is 6. The summed E-state index contributed by atoms with van der Waals surface area (Å²) in [6.07, 6.45) is 3.19. The molecule has 2 aromatic heterocycles. The Morgan fingerprint density at radius 3 is 2.00 bits per heavy atom. The smallest absolute Gasteiger partial charge is 0.309 e. The van der Waals surface area contributed by atoms with Gasteiger partial charge in [0.25, 0.3) is 0 Å². The highest BCUT2D eigenvalue weighted by atomic mass is 32.1. The van der Waals surface area contributed by atoms with Crippen molar-refractivity contribution in [3.8, 4) is 0 Å². The van der Waals surface area contributed by atoms with Crippen LogP contribution >= 0.6 is 22.7 Å². The number of fused-ring (bicyclic) bond motifs is 2. The summed E-state index contributed by atoms with van der Waals surface area (Å²) in [6, 6.07) is 15.7. The van der Waals surface area contributed by atoms with Gasteiger partial charge in [-0.05, 0) is 43.0 Å². The maximum absolute atomic E-state index is 12.7. The predicted molar refractivity (Wildman–Crippen MR) is 138 cm³/mol. The minimum absolute atomic E-state index is 0.0216. The fourth-order valence-corrected chi connectivity index (χ4v) is 5.90. The van der Waals surface area contributed by atoms with Crippen molar-refractivity contribution in [1.29, 1.82) is 0 Å². The number of thiazole rings is 2. The highest BCUT2D eigenvalue weighted by molar-refractivity contribution is 7.16. The highest BCUT2D eigenvalue weighted by Gasteiger charge is 2.15. The lowest BCUT2D eigenvalue weighted by atomic mass is 10.1. The van der Waals surface area contributed by atoms with E-state index in [2.05, 4.69) is 18.7 Å². The fraction of sp³-hybridized carbons (Fsp3) is 0.440. The van der Waals surface area contributed by atoms with Crippen LogP contribution in [-0.2, 0) is 18.1 Å². The average Bonchev–Trinajstić information content (AvgIpc) is 3.29. The van der Waals surface area contributed by atoms with Crippen LogP contribution in [0, 0.1) is 5.92 Å². The quantitative estimate of drug-likeness (QED) is 0.259. The van der Waals surface area contributed by atoms with Crippen LogP contribution < -0.4 is 9.75 Å². The van der Waals surface area contributed by atoms with Gasteiger partial charge < -0.3 is 4.74 Å². The fourth-order valence-electron chi connectivity index (χ4n) is 4.13. The lowest BCUT2D eigenvalue weighted by Crippen LogP contribution is -2.35. The van der Waals surface area contributed by atoms with Crippen LogP contribution in [0.4, 0.5) is 0 Å². The van der Waals surface area contributed by atoms with Crippen LogP contribution in [0.25, 0.3) is 20.4 Å². The van der Waals surface area contributed by atoms with Crippen LogP contribution in [-0.4, -0.2) is 33.8 Å². The summed E-state index contributed by atoms with van der Waals surface area (Å²) in [5.41, 5.74) is 1.87. The zero-order chi connectivity index (χ0) is 23.2. The largest absolute Gasteiger partial charge is 0.381 e. The first kappa shape index (κ1) is 23.9. The highest BCUT2D eigenvalue weighted by Crippen LogP contribution is 2.19. The third-order valence-corrected chi connectivity index (χ3v) is 7.70. The molecule has 8 heteroatoms. The third-order valence-electron chi connectivity index (χ3n) is 5.78. The Morgan fingerprint density at radius 2 is 1.45 bits per heavy atom. The molecule has 1 atom stereocenters. The van der Waals surface area contributed by atoms with E-state index in [0.717, 1.165) is 40.0 Å². The van der Waals surface area contributed by atoms with Crippen molar-refractivity contribution >= 4 is 43.1 Å². The van der Waals surface area contributed by atoms with Gasteiger partial charge in [-0.2, -0.15) is 0 Å². The Morgan fingerprint density at radius 1 is 0.909 bits per heavy atom. The molecule has 0 saturated heterocycles. The number of rotatable bonds is 12. The second kappa shape index (κ2) is 11.2. The zero-order valence-electron chi connectivity index (χ0n) is 19.2. The van der Waals surface area contributed by atoms with E-state index in [1.807, 2.05) is 57.7 Å². The zero-order valence-corrected chi connectivity index (χ0v) is 20.9. The Bertz CT molecular complexity index is 1210. The van der Waals surface area contributed by atoms with E-state index in [0.29, 0.717) is 25.9 Å². The minimum atomic E-state index is 0.0216. The molecule has 2 heterocycles. The molecule has 0 aliphatic carbocycles. The Kier molecular flexibility index (Phi) is 8.14. The molecule has 4 aromatic rings. The van der Waals surface area contributed by atoms with Gasteiger partial charge in [0.15, 0.2) is 0 Å². The molecule has 0 radical (unpaired) electrons. The monoisotopic (exact) mass is 485 g/mol. The molecule has 0 N–H and O–H groups in total. The van der Waals surface area contributed by atoms with E-state index in [9.17, 15) is 9.59 Å². The van der Waals surface area contributed by atoms with E-state index < -0.39 is 0 Å². The standard InChI is InChI=1S/C25H31N3O3S2/c1-3-9-19(2)16-31-15-8-14-26(17-27-20-10-4-6-12-22(20)32-24(27)29)18-28-21-11-5-7-13-23(21)33-25(28)30/h4-7,10-13,19H,3,8-9,14-18H2,1-2H3/t19-/m0/s1. The van der Waals surface area contributed by atoms with Gasteiger partial charge in [0.1, 0.15) is 0 Å². The summed E-state index contributed by atoms with van der Waals surface area (Å²) >= 11 is 2.53. The Balaban J connectivity index is 1.51. The number of hydrogen-bond donors (Lipinski definition) is 0. The van der Waals surface area contributed by atoms with Crippen LogP contribution in [0.3, 0.4) is 0 Å². The van der Waals surface area contributed by atoms with Crippen molar-refractivity contribution < 1.29 is 4.74 Å². The maximum atomic E-state index is 12.7. The van der Waals surface area contributed by atoms with Crippen LogP contribution in [0.1, 0.15) is 33.1 Å². The third kappa shape index (κ3) is 5.81. The number of nitrogens with zero attached hydrogens (tertiary/aromatic N) is 3. The molecule has 0 aliphatic heterocycles. The number of benzene rings is 2. The molecule has 176 valence electrons. The molecule has 0 spiro atoms. The predicted octanol–water partition coefficient (Wildman–Crippen LogP) is 5.20. The van der Waals surface area contributed by atoms with Gasteiger partial charge in [-0.15, -0.1) is 0 Å². The van der Waals surface area contributed by atoms with E-state index in [1.165, 1.54) is 35.5 Å². The number of para-hydroxylation sites is 2. The van der Waals surface area contributed by atoms with Crippen LogP contribution in [0.5, 0.6) is 0 Å². The van der Waals surface area contributed by atoms with Gasteiger partial charge in [-0.1, -0.05) is 67.2 Å². The van der Waals surface area contributed by atoms with Crippen molar-refractivity contribution in [2.75, 3.05) is 19.8 Å². The minimum Gasteiger partial charge on any atom is -0.381 e. The summed E-state index contributed by atoms with van der Waals surface area (Å²) in [6.45, 7) is 7.46. The molecular weight excluding hydrogens is 454 g/mol. The molecule has 0 aliphatic rings. The molecular formula is C25H31N3O3S2. The topological polar surface area (TPSA) is 56.5 Å². The van der Waals surface area contributed by atoms with E-state index >= 15 is 0 Å². The van der Waals surface area contributed by atoms with Crippen LogP contribution in [0.2, 0.25) is 0 Å². The second-order valence-electron chi connectivity index (χ2n) is 8.53. The van der Waals surface area contributed by atoms with Gasteiger partial charge in [0.05, 0.1) is 33.8 Å². The Hall–Kier alpha value is -2.26. The molecule has 0 saturated carbocycles. The Labute approximate surface area is 201 Å². The number of aromatic nitrogens is 2. The van der Waals surface area contributed by atoms with Gasteiger partial charge in [-0.25, -0.2) is 0 Å². The van der Waals surface area contributed by atoms with E-state index in [4.69, 9.17) is 4.74 Å². The number of ether oxygens (including phenoxy) is 1. The molecule has 0 amide bonds. The molecule has 0 unspecified atom stereocenters. The summed E-state index contributed by atoms with van der Waals surface area (Å²) < 4.78 is 11.5. The average molecular weight is 486 g/mol. The lowest BCUT2D eigenvalue weighted by molar-refractivity contribution is 0.0833. The van der Waals surface area contributed by atoms with Crippen molar-refractivity contribution in [2.45, 2.75) is 46.4 Å².